The van der Waals surface area contributed by atoms with Gasteiger partial charge < -0.3 is 4.90 Å². The molecule has 0 spiro atoms. The number of likely N-dealkylation sites (tertiary alicyclic amines) is 1. The summed E-state index contributed by atoms with van der Waals surface area (Å²) in [6.45, 7) is 11.6. The molecule has 1 atom stereocenters. The van der Waals surface area contributed by atoms with Crippen molar-refractivity contribution in [3.05, 3.63) is 88.2 Å². The second-order valence-electron chi connectivity index (χ2n) is 10.4. The van der Waals surface area contributed by atoms with E-state index < -0.39 is 0 Å². The monoisotopic (exact) mass is 465 g/mol. The number of hydrogen-bond acceptors (Lipinski definition) is 3. The van der Waals surface area contributed by atoms with E-state index in [1.54, 1.807) is 0 Å². The molecule has 0 bridgehead atoms. The molecule has 1 aliphatic rings. The van der Waals surface area contributed by atoms with Crippen LogP contribution in [0.15, 0.2) is 71.5 Å². The first-order chi connectivity index (χ1) is 16.9. The number of nitrogens with zero attached hydrogens (tertiary/aromatic N) is 3. The smallest absolute Gasteiger partial charge is 0.261 e. The molecule has 5 rings (SSSR count). The van der Waals surface area contributed by atoms with Crippen molar-refractivity contribution in [2.75, 3.05) is 13.1 Å². The summed E-state index contributed by atoms with van der Waals surface area (Å²) in [7, 11) is 0. The Balaban J connectivity index is 1.65. The third kappa shape index (κ3) is 4.81. The van der Waals surface area contributed by atoms with Crippen LogP contribution in [0.2, 0.25) is 0 Å². The van der Waals surface area contributed by atoms with Crippen molar-refractivity contribution in [1.29, 1.82) is 0 Å². The third-order valence-corrected chi connectivity index (χ3v) is 7.41. The molecule has 1 aliphatic heterocycles. The molecule has 180 valence electrons. The predicted molar refractivity (Wildman–Crippen MR) is 146 cm³/mol. The van der Waals surface area contributed by atoms with Gasteiger partial charge in [0.1, 0.15) is 5.82 Å². The second kappa shape index (κ2) is 9.79. The molecule has 0 saturated carbocycles. The molecule has 3 aromatic carbocycles. The zero-order valence-corrected chi connectivity index (χ0v) is 21.3. The van der Waals surface area contributed by atoms with Crippen LogP contribution < -0.4 is 5.56 Å². The van der Waals surface area contributed by atoms with Gasteiger partial charge in [-0.2, -0.15) is 0 Å². The van der Waals surface area contributed by atoms with Crippen LogP contribution >= 0.6 is 0 Å². The molecule has 35 heavy (non-hydrogen) atoms. The summed E-state index contributed by atoms with van der Waals surface area (Å²) in [6.07, 6.45) is 2.32. The van der Waals surface area contributed by atoms with E-state index in [9.17, 15) is 4.79 Å². The van der Waals surface area contributed by atoms with Crippen molar-refractivity contribution in [2.24, 2.45) is 5.92 Å². The van der Waals surface area contributed by atoms with Crippen molar-refractivity contribution >= 4 is 10.9 Å². The number of hydrogen-bond donors (Lipinski definition) is 0. The van der Waals surface area contributed by atoms with Crippen molar-refractivity contribution in [3.63, 3.8) is 0 Å². The van der Waals surface area contributed by atoms with Crippen LogP contribution in [0.25, 0.3) is 33.4 Å². The lowest BCUT2D eigenvalue weighted by atomic mass is 9.96. The summed E-state index contributed by atoms with van der Waals surface area (Å²) in [4.78, 5) is 21.7. The second-order valence-corrected chi connectivity index (χ2v) is 10.4. The highest BCUT2D eigenvalue weighted by atomic mass is 16.1. The minimum Gasteiger partial charge on any atom is -0.301 e. The zero-order chi connectivity index (χ0) is 24.5. The molecule has 4 heteroatoms. The Morgan fingerprint density at radius 1 is 0.971 bits per heavy atom. The van der Waals surface area contributed by atoms with Crippen molar-refractivity contribution in [2.45, 2.75) is 53.1 Å². The molecule has 1 saturated heterocycles. The summed E-state index contributed by atoms with van der Waals surface area (Å²) in [5.74, 6) is 1.22. The van der Waals surface area contributed by atoms with Crippen LogP contribution in [-0.4, -0.2) is 33.6 Å². The summed E-state index contributed by atoms with van der Waals surface area (Å²) >= 11 is 0. The Bertz CT molecular complexity index is 1420. The molecule has 1 aromatic heterocycles. The van der Waals surface area contributed by atoms with E-state index in [1.807, 2.05) is 28.8 Å². The van der Waals surface area contributed by atoms with E-state index in [2.05, 4.69) is 75.1 Å². The lowest BCUT2D eigenvalue weighted by molar-refractivity contribution is 0.130. The molecule has 0 aliphatic carbocycles. The minimum absolute atomic E-state index is 0.0597. The van der Waals surface area contributed by atoms with Gasteiger partial charge >= 0.3 is 0 Å². The van der Waals surface area contributed by atoms with Crippen LogP contribution in [0.1, 0.15) is 37.8 Å². The van der Waals surface area contributed by atoms with E-state index >= 15 is 0 Å². The summed E-state index contributed by atoms with van der Waals surface area (Å²) in [5, 5.41) is 0.692. The van der Waals surface area contributed by atoms with Gasteiger partial charge in [-0.3, -0.25) is 9.36 Å². The van der Waals surface area contributed by atoms with Gasteiger partial charge in [0, 0.05) is 24.7 Å². The fraction of sp³-hybridized carbons (Fsp3) is 0.355. The Kier molecular flexibility index (Phi) is 6.57. The maximum absolute atomic E-state index is 14.1. The first-order valence-electron chi connectivity index (χ1n) is 12.8. The van der Waals surface area contributed by atoms with Crippen molar-refractivity contribution < 1.29 is 0 Å². The number of aryl methyl sites for hydroxylation is 2. The molecule has 0 radical (unpaired) electrons. The van der Waals surface area contributed by atoms with Gasteiger partial charge in [-0.1, -0.05) is 60.2 Å². The highest BCUT2D eigenvalue weighted by Gasteiger charge is 2.24. The topological polar surface area (TPSA) is 38.1 Å². The average Bonchev–Trinajstić information content (AvgIpc) is 2.86. The molecule has 4 aromatic rings. The lowest BCUT2D eigenvalue weighted by Gasteiger charge is -2.36. The van der Waals surface area contributed by atoms with Gasteiger partial charge in [0.25, 0.3) is 5.56 Å². The number of rotatable bonds is 5. The molecule has 0 amide bonds. The SMILES string of the molecule is Cc1cccc(-c2ccc3nc(-c4ccccc4C)n(CC4CCCN(C(C)C)C4)c(=O)c3c2)c1. The number of fused-ring (bicyclic) bond motifs is 1. The Hall–Kier alpha value is -3.24. The van der Waals surface area contributed by atoms with Gasteiger partial charge in [-0.15, -0.1) is 0 Å². The highest BCUT2D eigenvalue weighted by molar-refractivity contribution is 5.85. The Labute approximate surface area is 208 Å². The summed E-state index contributed by atoms with van der Waals surface area (Å²) in [5.41, 5.74) is 6.37. The fourth-order valence-electron chi connectivity index (χ4n) is 5.40. The van der Waals surface area contributed by atoms with Crippen LogP contribution in [0.5, 0.6) is 0 Å². The molecule has 1 fully saturated rings. The molecule has 4 nitrogen and oxygen atoms in total. The van der Waals surface area contributed by atoms with E-state index in [0.29, 0.717) is 23.9 Å². The normalized spacial score (nSPS) is 16.8. The predicted octanol–water partition coefficient (Wildman–Crippen LogP) is 6.47. The first-order valence-corrected chi connectivity index (χ1v) is 12.8. The van der Waals surface area contributed by atoms with Gasteiger partial charge in [-0.25, -0.2) is 4.98 Å². The first kappa shape index (κ1) is 23.5. The zero-order valence-electron chi connectivity index (χ0n) is 21.3. The largest absolute Gasteiger partial charge is 0.301 e. The summed E-state index contributed by atoms with van der Waals surface area (Å²) in [6, 6.07) is 23.3. The van der Waals surface area contributed by atoms with Crippen LogP contribution in [0, 0.1) is 19.8 Å². The van der Waals surface area contributed by atoms with E-state index in [0.717, 1.165) is 53.1 Å². The van der Waals surface area contributed by atoms with Crippen LogP contribution in [0.3, 0.4) is 0 Å². The van der Waals surface area contributed by atoms with Gasteiger partial charge in [-0.05, 0) is 81.8 Å². The van der Waals surface area contributed by atoms with E-state index in [1.165, 1.54) is 12.0 Å². The Morgan fingerprint density at radius 2 is 1.77 bits per heavy atom. The lowest BCUT2D eigenvalue weighted by Crippen LogP contribution is -2.42. The number of benzene rings is 3. The van der Waals surface area contributed by atoms with Crippen molar-refractivity contribution in [3.8, 4) is 22.5 Å². The molecule has 1 unspecified atom stereocenters. The maximum Gasteiger partial charge on any atom is 0.261 e. The highest BCUT2D eigenvalue weighted by Crippen LogP contribution is 2.28. The molecule has 2 heterocycles. The average molecular weight is 466 g/mol. The third-order valence-electron chi connectivity index (χ3n) is 7.41. The molecular weight excluding hydrogens is 430 g/mol. The van der Waals surface area contributed by atoms with Crippen molar-refractivity contribution in [1.82, 2.24) is 14.5 Å². The van der Waals surface area contributed by atoms with Crippen LogP contribution in [-0.2, 0) is 6.54 Å². The minimum atomic E-state index is 0.0597. The van der Waals surface area contributed by atoms with Gasteiger partial charge in [0.15, 0.2) is 0 Å². The van der Waals surface area contributed by atoms with E-state index in [4.69, 9.17) is 4.98 Å². The Morgan fingerprint density at radius 3 is 2.54 bits per heavy atom. The van der Waals surface area contributed by atoms with Crippen LogP contribution in [0.4, 0.5) is 0 Å². The standard InChI is InChI=1S/C31H35N3O/c1-21(2)33-16-8-11-24(19-33)20-34-30(27-13-6-5-10-23(27)4)32-29-15-14-26(18-28(29)31(34)35)25-12-7-9-22(3)17-25/h5-7,9-10,12-15,17-18,21,24H,8,11,16,19-20H2,1-4H3. The maximum atomic E-state index is 14.1. The fourth-order valence-corrected chi connectivity index (χ4v) is 5.40. The van der Waals surface area contributed by atoms with Gasteiger partial charge in [0.2, 0.25) is 0 Å². The van der Waals surface area contributed by atoms with E-state index in [-0.39, 0.29) is 5.56 Å². The summed E-state index contributed by atoms with van der Waals surface area (Å²) < 4.78 is 1.96. The quantitative estimate of drug-likeness (QED) is 0.339. The molecular formula is C31H35N3O. The van der Waals surface area contributed by atoms with Gasteiger partial charge in [0.05, 0.1) is 10.9 Å². The number of piperidine rings is 1. The number of aromatic nitrogens is 2. The molecule has 0 N–H and O–H groups in total.